The third-order valence-corrected chi connectivity index (χ3v) is 4.70. The first kappa shape index (κ1) is 13.0. The monoisotopic (exact) mass is 340 g/mol. The molecule has 100 valence electrons. The summed E-state index contributed by atoms with van der Waals surface area (Å²) in [4.78, 5) is 8.16. The first-order chi connectivity index (χ1) is 9.24. The van der Waals surface area contributed by atoms with Gasteiger partial charge in [-0.2, -0.15) is 5.10 Å². The van der Waals surface area contributed by atoms with Gasteiger partial charge in [0.25, 0.3) is 0 Å². The van der Waals surface area contributed by atoms with Gasteiger partial charge in [-0.05, 0) is 41.1 Å². The van der Waals surface area contributed by atoms with Gasteiger partial charge in [0.1, 0.15) is 0 Å². The second-order valence-electron chi connectivity index (χ2n) is 4.37. The lowest BCUT2D eigenvalue weighted by molar-refractivity contribution is -0.00260. The van der Waals surface area contributed by atoms with Crippen LogP contribution in [0, 0.1) is 6.92 Å². The predicted octanol–water partition coefficient (Wildman–Crippen LogP) is 2.65. The highest BCUT2D eigenvalue weighted by Crippen LogP contribution is 2.30. The molecule has 5 nitrogen and oxygen atoms in total. The SMILES string of the molecule is Cc1ccc(C2CONN(c3ccnnc3Br)C2)s1. The van der Waals surface area contributed by atoms with Crippen LogP contribution in [0.15, 0.2) is 29.0 Å². The van der Waals surface area contributed by atoms with E-state index in [1.54, 1.807) is 6.20 Å². The number of aromatic nitrogens is 2. The summed E-state index contributed by atoms with van der Waals surface area (Å²) in [5.74, 6) is 0.361. The van der Waals surface area contributed by atoms with Gasteiger partial charge in [-0.3, -0.25) is 9.85 Å². The van der Waals surface area contributed by atoms with E-state index in [9.17, 15) is 0 Å². The summed E-state index contributed by atoms with van der Waals surface area (Å²) in [6, 6.07) is 6.23. The van der Waals surface area contributed by atoms with Crippen LogP contribution in [0.25, 0.3) is 0 Å². The van der Waals surface area contributed by atoms with Gasteiger partial charge in [0.15, 0.2) is 4.60 Å². The van der Waals surface area contributed by atoms with E-state index in [4.69, 9.17) is 4.84 Å². The molecule has 3 rings (SSSR count). The largest absolute Gasteiger partial charge is 0.282 e. The molecule has 1 aliphatic rings. The number of anilines is 1. The van der Waals surface area contributed by atoms with Gasteiger partial charge in [0, 0.05) is 22.2 Å². The van der Waals surface area contributed by atoms with Crippen molar-refractivity contribution >= 4 is 33.0 Å². The average molecular weight is 341 g/mol. The van der Waals surface area contributed by atoms with Crippen molar-refractivity contribution in [3.63, 3.8) is 0 Å². The Morgan fingerprint density at radius 3 is 3.11 bits per heavy atom. The highest BCUT2D eigenvalue weighted by molar-refractivity contribution is 9.10. The summed E-state index contributed by atoms with van der Waals surface area (Å²) in [5, 5.41) is 9.76. The topological polar surface area (TPSA) is 50.3 Å². The lowest BCUT2D eigenvalue weighted by Gasteiger charge is -2.33. The smallest absolute Gasteiger partial charge is 0.153 e. The van der Waals surface area contributed by atoms with Crippen molar-refractivity contribution in [2.24, 2.45) is 0 Å². The van der Waals surface area contributed by atoms with Crippen molar-refractivity contribution < 1.29 is 4.84 Å². The Labute approximate surface area is 123 Å². The van der Waals surface area contributed by atoms with Crippen molar-refractivity contribution in [2.75, 3.05) is 18.2 Å². The summed E-state index contributed by atoms with van der Waals surface area (Å²) in [6.45, 7) is 3.63. The lowest BCUT2D eigenvalue weighted by Crippen LogP contribution is -2.47. The molecule has 3 heterocycles. The molecule has 0 aliphatic carbocycles. The zero-order chi connectivity index (χ0) is 13.2. The Kier molecular flexibility index (Phi) is 3.79. The number of hydrazine groups is 1. The molecule has 1 aliphatic heterocycles. The Hall–Kier alpha value is -1.02. The second kappa shape index (κ2) is 5.54. The molecule has 1 fully saturated rings. The third kappa shape index (κ3) is 2.79. The fourth-order valence-corrected chi connectivity index (χ4v) is 3.42. The Morgan fingerprint density at radius 1 is 1.47 bits per heavy atom. The van der Waals surface area contributed by atoms with Crippen LogP contribution in [-0.2, 0) is 4.84 Å². The van der Waals surface area contributed by atoms with Gasteiger partial charge >= 0.3 is 0 Å². The zero-order valence-corrected chi connectivity index (χ0v) is 12.7. The summed E-state index contributed by atoms with van der Waals surface area (Å²) in [6.07, 6.45) is 1.67. The first-order valence-electron chi connectivity index (χ1n) is 5.92. The van der Waals surface area contributed by atoms with Crippen LogP contribution < -0.4 is 10.6 Å². The summed E-state index contributed by atoms with van der Waals surface area (Å²) in [7, 11) is 0. The first-order valence-corrected chi connectivity index (χ1v) is 7.53. The molecule has 0 aromatic carbocycles. The Morgan fingerprint density at radius 2 is 2.37 bits per heavy atom. The van der Waals surface area contributed by atoms with E-state index in [2.05, 4.69) is 50.8 Å². The van der Waals surface area contributed by atoms with Gasteiger partial charge in [0.2, 0.25) is 0 Å². The Bertz CT molecular complexity index is 576. The normalized spacial score (nSPS) is 19.7. The van der Waals surface area contributed by atoms with Crippen molar-refractivity contribution in [2.45, 2.75) is 12.8 Å². The van der Waals surface area contributed by atoms with Crippen molar-refractivity contribution in [3.8, 4) is 0 Å². The Balaban J connectivity index is 1.80. The van der Waals surface area contributed by atoms with Crippen LogP contribution in [0.1, 0.15) is 15.7 Å². The molecule has 0 saturated carbocycles. The number of nitrogens with one attached hydrogen (secondary N) is 1. The number of hydrogen-bond donors (Lipinski definition) is 1. The van der Waals surface area contributed by atoms with Crippen LogP contribution in [0.5, 0.6) is 0 Å². The molecule has 7 heteroatoms. The summed E-state index contributed by atoms with van der Waals surface area (Å²) >= 11 is 5.23. The quantitative estimate of drug-likeness (QED) is 0.910. The molecule has 2 aromatic rings. The van der Waals surface area contributed by atoms with E-state index in [0.717, 1.165) is 12.2 Å². The lowest BCUT2D eigenvalue weighted by atomic mass is 10.1. The summed E-state index contributed by atoms with van der Waals surface area (Å²) < 4.78 is 0.703. The van der Waals surface area contributed by atoms with Crippen LogP contribution >= 0.6 is 27.3 Å². The van der Waals surface area contributed by atoms with Gasteiger partial charge < -0.3 is 0 Å². The van der Waals surface area contributed by atoms with Crippen LogP contribution in [0.4, 0.5) is 5.69 Å². The fraction of sp³-hybridized carbons (Fsp3) is 0.333. The van der Waals surface area contributed by atoms with E-state index in [1.807, 2.05) is 22.4 Å². The van der Waals surface area contributed by atoms with Crippen LogP contribution in [0.2, 0.25) is 0 Å². The van der Waals surface area contributed by atoms with Gasteiger partial charge in [0.05, 0.1) is 18.5 Å². The minimum absolute atomic E-state index is 0.361. The maximum absolute atomic E-state index is 5.48. The highest BCUT2D eigenvalue weighted by Gasteiger charge is 2.24. The van der Waals surface area contributed by atoms with Crippen LogP contribution in [-0.4, -0.2) is 23.3 Å². The minimum atomic E-state index is 0.361. The molecule has 0 spiro atoms. The van der Waals surface area contributed by atoms with Gasteiger partial charge in [-0.25, -0.2) is 0 Å². The molecule has 1 atom stereocenters. The van der Waals surface area contributed by atoms with Crippen LogP contribution in [0.3, 0.4) is 0 Å². The van der Waals surface area contributed by atoms with Gasteiger partial charge in [-0.15, -0.1) is 22.0 Å². The van der Waals surface area contributed by atoms with E-state index in [0.29, 0.717) is 17.1 Å². The molecule has 2 aromatic heterocycles. The van der Waals surface area contributed by atoms with E-state index < -0.39 is 0 Å². The number of rotatable bonds is 2. The third-order valence-electron chi connectivity index (χ3n) is 2.97. The molecule has 0 radical (unpaired) electrons. The molecule has 1 saturated heterocycles. The van der Waals surface area contributed by atoms with E-state index in [1.165, 1.54) is 9.75 Å². The predicted molar refractivity (Wildman–Crippen MR) is 78.0 cm³/mol. The molecular weight excluding hydrogens is 328 g/mol. The van der Waals surface area contributed by atoms with Crippen molar-refractivity contribution in [1.82, 2.24) is 15.8 Å². The molecule has 19 heavy (non-hydrogen) atoms. The molecule has 1 N–H and O–H groups in total. The second-order valence-corrected chi connectivity index (χ2v) is 6.44. The zero-order valence-electron chi connectivity index (χ0n) is 10.3. The van der Waals surface area contributed by atoms with Crippen molar-refractivity contribution in [3.05, 3.63) is 38.8 Å². The number of aryl methyl sites for hydroxylation is 1. The number of thiophene rings is 1. The van der Waals surface area contributed by atoms with Gasteiger partial charge in [-0.1, -0.05) is 0 Å². The van der Waals surface area contributed by atoms with Crippen molar-refractivity contribution in [1.29, 1.82) is 0 Å². The number of halogens is 1. The summed E-state index contributed by atoms with van der Waals surface area (Å²) in [5.41, 5.74) is 3.85. The molecule has 0 bridgehead atoms. The number of hydrogen-bond acceptors (Lipinski definition) is 6. The average Bonchev–Trinajstić information content (AvgIpc) is 2.86. The molecule has 0 amide bonds. The number of nitrogens with zero attached hydrogens (tertiary/aromatic N) is 3. The molecule has 1 unspecified atom stereocenters. The standard InChI is InChI=1S/C12H13BrN4OS/c1-8-2-3-11(19-8)9-6-17(16-18-7-9)10-4-5-14-15-12(10)13/h2-5,9,16H,6-7H2,1H3. The highest BCUT2D eigenvalue weighted by atomic mass is 79.9. The van der Waals surface area contributed by atoms with E-state index >= 15 is 0 Å². The maximum atomic E-state index is 5.48. The minimum Gasteiger partial charge on any atom is -0.282 e. The van der Waals surface area contributed by atoms with E-state index in [-0.39, 0.29) is 0 Å². The fourth-order valence-electron chi connectivity index (χ4n) is 2.03. The molecular formula is C12H13BrN4OS. The maximum Gasteiger partial charge on any atom is 0.153 e.